The minimum Gasteiger partial charge on any atom is -0.493 e. The SMILES string of the molecule is COc1cccc(C(c2ccc(Cl)c(C(F)(F)F)c2)N2CCCCC2C(=O)O)c1OC. The molecule has 31 heavy (non-hydrogen) atoms. The first-order valence-corrected chi connectivity index (χ1v) is 10.1. The van der Waals surface area contributed by atoms with E-state index < -0.39 is 34.8 Å². The van der Waals surface area contributed by atoms with Crippen LogP contribution < -0.4 is 9.47 Å². The molecule has 0 aromatic heterocycles. The van der Waals surface area contributed by atoms with Gasteiger partial charge in [-0.25, -0.2) is 0 Å². The predicted molar refractivity (Wildman–Crippen MR) is 110 cm³/mol. The molecule has 2 aromatic carbocycles. The van der Waals surface area contributed by atoms with Gasteiger partial charge in [-0.3, -0.25) is 9.69 Å². The van der Waals surface area contributed by atoms with Crippen LogP contribution >= 0.6 is 11.6 Å². The molecular formula is C22H23ClF3NO4. The number of methoxy groups -OCH3 is 2. The third kappa shape index (κ3) is 4.75. The van der Waals surface area contributed by atoms with Crippen molar-refractivity contribution in [3.8, 4) is 11.5 Å². The fourth-order valence-corrected chi connectivity index (χ4v) is 4.36. The highest BCUT2D eigenvalue weighted by molar-refractivity contribution is 6.31. The molecule has 1 fully saturated rings. The molecule has 2 unspecified atom stereocenters. The van der Waals surface area contributed by atoms with E-state index in [0.29, 0.717) is 30.0 Å². The van der Waals surface area contributed by atoms with Gasteiger partial charge in [-0.15, -0.1) is 0 Å². The Morgan fingerprint density at radius 3 is 2.55 bits per heavy atom. The van der Waals surface area contributed by atoms with Crippen molar-refractivity contribution in [1.82, 2.24) is 4.90 Å². The van der Waals surface area contributed by atoms with Gasteiger partial charge in [0.05, 0.1) is 30.8 Å². The van der Waals surface area contributed by atoms with Crippen LogP contribution in [0, 0.1) is 0 Å². The molecule has 1 N–H and O–H groups in total. The lowest BCUT2D eigenvalue weighted by Gasteiger charge is -2.40. The zero-order chi connectivity index (χ0) is 22.8. The number of carboxylic acids is 1. The average molecular weight is 458 g/mol. The van der Waals surface area contributed by atoms with Crippen LogP contribution in [0.5, 0.6) is 11.5 Å². The number of aliphatic carboxylic acids is 1. The Bertz CT molecular complexity index is 951. The van der Waals surface area contributed by atoms with Crippen molar-refractivity contribution in [2.45, 2.75) is 37.5 Å². The van der Waals surface area contributed by atoms with E-state index in [-0.39, 0.29) is 5.56 Å². The Morgan fingerprint density at radius 2 is 1.94 bits per heavy atom. The third-order valence-corrected chi connectivity index (χ3v) is 5.83. The smallest absolute Gasteiger partial charge is 0.417 e. The number of ether oxygens (including phenoxy) is 2. The number of rotatable bonds is 6. The fourth-order valence-electron chi connectivity index (χ4n) is 4.14. The number of para-hydroxylation sites is 1. The first-order valence-electron chi connectivity index (χ1n) is 9.75. The van der Waals surface area contributed by atoms with Crippen LogP contribution in [-0.4, -0.2) is 42.8 Å². The van der Waals surface area contributed by atoms with Gasteiger partial charge in [0.2, 0.25) is 0 Å². The molecule has 3 rings (SSSR count). The highest BCUT2D eigenvalue weighted by Crippen LogP contribution is 2.44. The van der Waals surface area contributed by atoms with E-state index >= 15 is 0 Å². The van der Waals surface area contributed by atoms with Crippen molar-refractivity contribution in [3.63, 3.8) is 0 Å². The molecule has 1 aliphatic heterocycles. The summed E-state index contributed by atoms with van der Waals surface area (Å²) >= 11 is 5.83. The Balaban J connectivity index is 2.25. The first-order chi connectivity index (χ1) is 14.7. The lowest BCUT2D eigenvalue weighted by Crippen LogP contribution is -2.47. The molecule has 1 saturated heterocycles. The predicted octanol–water partition coefficient (Wildman–Crippen LogP) is 5.40. The van der Waals surface area contributed by atoms with Gasteiger partial charge in [-0.1, -0.05) is 36.2 Å². The summed E-state index contributed by atoms with van der Waals surface area (Å²) < 4.78 is 51.6. The lowest BCUT2D eigenvalue weighted by molar-refractivity contribution is -0.145. The number of alkyl halides is 3. The van der Waals surface area contributed by atoms with Gasteiger partial charge in [0.25, 0.3) is 0 Å². The summed E-state index contributed by atoms with van der Waals surface area (Å²) in [6, 6.07) is 7.11. The van der Waals surface area contributed by atoms with Gasteiger partial charge in [-0.05, 0) is 43.1 Å². The minimum absolute atomic E-state index is 0.274. The molecule has 0 saturated carbocycles. The second-order valence-electron chi connectivity index (χ2n) is 7.31. The van der Waals surface area contributed by atoms with E-state index in [0.717, 1.165) is 18.9 Å². The van der Waals surface area contributed by atoms with Crippen molar-refractivity contribution in [2.24, 2.45) is 0 Å². The summed E-state index contributed by atoms with van der Waals surface area (Å²) in [5.74, 6) is -0.274. The Hall–Kier alpha value is -2.45. The van der Waals surface area contributed by atoms with Gasteiger partial charge in [0.1, 0.15) is 6.04 Å². The van der Waals surface area contributed by atoms with E-state index in [2.05, 4.69) is 0 Å². The normalized spacial score (nSPS) is 18.5. The lowest BCUT2D eigenvalue weighted by atomic mass is 9.90. The first kappa shape index (κ1) is 23.2. The zero-order valence-corrected chi connectivity index (χ0v) is 17.8. The van der Waals surface area contributed by atoms with E-state index in [1.165, 1.54) is 26.4 Å². The van der Waals surface area contributed by atoms with Crippen molar-refractivity contribution in [1.29, 1.82) is 0 Å². The van der Waals surface area contributed by atoms with E-state index in [1.807, 2.05) is 0 Å². The zero-order valence-electron chi connectivity index (χ0n) is 17.1. The number of likely N-dealkylation sites (tertiary alicyclic amines) is 1. The number of piperidine rings is 1. The number of benzene rings is 2. The summed E-state index contributed by atoms with van der Waals surface area (Å²) in [5.41, 5.74) is -0.177. The van der Waals surface area contributed by atoms with Crippen molar-refractivity contribution in [2.75, 3.05) is 20.8 Å². The molecule has 2 atom stereocenters. The highest BCUT2D eigenvalue weighted by Gasteiger charge is 2.39. The van der Waals surface area contributed by atoms with Crippen LogP contribution in [0.3, 0.4) is 0 Å². The van der Waals surface area contributed by atoms with Crippen LogP contribution in [0.2, 0.25) is 5.02 Å². The van der Waals surface area contributed by atoms with Gasteiger partial charge in [-0.2, -0.15) is 13.2 Å². The standard InChI is InChI=1S/C22H23ClF3NO4/c1-30-18-8-5-6-14(20(18)31-2)19(27-11-4-3-7-17(27)21(28)29)13-9-10-16(23)15(12-13)22(24,25)26/h5-6,8-10,12,17,19H,3-4,7,11H2,1-2H3,(H,28,29). The van der Waals surface area contributed by atoms with Crippen LogP contribution in [0.15, 0.2) is 36.4 Å². The number of hydrogen-bond donors (Lipinski definition) is 1. The Labute approximate surface area is 183 Å². The Kier molecular flexibility index (Phi) is 7.01. The highest BCUT2D eigenvalue weighted by atomic mass is 35.5. The molecule has 1 aliphatic rings. The van der Waals surface area contributed by atoms with Crippen LogP contribution in [0.25, 0.3) is 0 Å². The topological polar surface area (TPSA) is 59.0 Å². The van der Waals surface area contributed by atoms with E-state index in [9.17, 15) is 23.1 Å². The summed E-state index contributed by atoms with van der Waals surface area (Å²) in [4.78, 5) is 13.7. The fraction of sp³-hybridized carbons (Fsp3) is 0.409. The maximum absolute atomic E-state index is 13.6. The molecule has 168 valence electrons. The number of nitrogens with zero attached hydrogens (tertiary/aromatic N) is 1. The molecule has 0 radical (unpaired) electrons. The number of hydrogen-bond acceptors (Lipinski definition) is 4. The molecule has 2 aromatic rings. The summed E-state index contributed by atoms with van der Waals surface area (Å²) in [7, 11) is 2.90. The van der Waals surface area contributed by atoms with Crippen molar-refractivity contribution < 1.29 is 32.5 Å². The minimum atomic E-state index is -4.65. The van der Waals surface area contributed by atoms with Gasteiger partial charge in [0, 0.05) is 5.56 Å². The van der Waals surface area contributed by atoms with E-state index in [4.69, 9.17) is 21.1 Å². The summed E-state index contributed by atoms with van der Waals surface area (Å²) in [6.07, 6.45) is -2.79. The quantitative estimate of drug-likeness (QED) is 0.629. The monoisotopic (exact) mass is 457 g/mol. The van der Waals surface area contributed by atoms with E-state index in [1.54, 1.807) is 23.1 Å². The number of carboxylic acid groups (broad SMARTS) is 1. The van der Waals surface area contributed by atoms with Crippen LogP contribution in [-0.2, 0) is 11.0 Å². The summed E-state index contributed by atoms with van der Waals surface area (Å²) in [6.45, 7) is 0.409. The van der Waals surface area contributed by atoms with Crippen molar-refractivity contribution >= 4 is 17.6 Å². The Morgan fingerprint density at radius 1 is 1.19 bits per heavy atom. The maximum atomic E-state index is 13.6. The summed E-state index contributed by atoms with van der Waals surface area (Å²) in [5, 5.41) is 9.39. The largest absolute Gasteiger partial charge is 0.493 e. The van der Waals surface area contributed by atoms with Crippen LogP contribution in [0.1, 0.15) is 42.0 Å². The van der Waals surface area contributed by atoms with Gasteiger partial charge in [0.15, 0.2) is 11.5 Å². The molecule has 0 aliphatic carbocycles. The molecule has 5 nitrogen and oxygen atoms in total. The second-order valence-corrected chi connectivity index (χ2v) is 7.72. The molecule has 9 heteroatoms. The molecule has 0 spiro atoms. The maximum Gasteiger partial charge on any atom is 0.417 e. The molecular weight excluding hydrogens is 435 g/mol. The van der Waals surface area contributed by atoms with Crippen molar-refractivity contribution in [3.05, 3.63) is 58.1 Å². The second kappa shape index (κ2) is 9.36. The molecule has 1 heterocycles. The third-order valence-electron chi connectivity index (χ3n) is 5.50. The number of carbonyl (C=O) groups is 1. The van der Waals surface area contributed by atoms with Crippen LogP contribution in [0.4, 0.5) is 13.2 Å². The molecule has 0 amide bonds. The number of halogens is 4. The molecule has 0 bridgehead atoms. The average Bonchev–Trinajstić information content (AvgIpc) is 2.74. The van der Waals surface area contributed by atoms with Gasteiger partial charge < -0.3 is 14.6 Å². The van der Waals surface area contributed by atoms with Gasteiger partial charge >= 0.3 is 12.1 Å².